The number of fused-ring (bicyclic) bond motifs is 6. The quantitative estimate of drug-likeness (QED) is 0.413. The van der Waals surface area contributed by atoms with Gasteiger partial charge in [-0.2, -0.15) is 0 Å². The van der Waals surface area contributed by atoms with Crippen LogP contribution in [0.1, 0.15) is 27.9 Å². The van der Waals surface area contributed by atoms with Crippen LogP contribution >= 0.6 is 0 Å². The van der Waals surface area contributed by atoms with Gasteiger partial charge >= 0.3 is 0 Å². The van der Waals surface area contributed by atoms with E-state index in [2.05, 4.69) is 52.4 Å². The Bertz CT molecular complexity index is 1540. The second-order valence-electron chi connectivity index (χ2n) is 8.95. The van der Waals surface area contributed by atoms with Crippen molar-refractivity contribution in [3.63, 3.8) is 0 Å². The smallest absolute Gasteiger partial charge is 0.214 e. The molecule has 5 nitrogen and oxygen atoms in total. The molecule has 2 aromatic heterocycles. The summed E-state index contributed by atoms with van der Waals surface area (Å²) in [5, 5.41) is 13.4. The molecule has 6 rings (SSSR count). The maximum atomic E-state index is 12.5. The SMILES string of the molecule is COc1cc2c3cc(ccc3n1)C(O)(c1cncn1C)c1cccc(c1)CCc1cccc-2c1. The number of rotatable bonds is 2. The lowest BCUT2D eigenvalue weighted by Gasteiger charge is -2.30. The lowest BCUT2D eigenvalue weighted by Crippen LogP contribution is -2.31. The third-order valence-corrected chi connectivity index (χ3v) is 6.88. The van der Waals surface area contributed by atoms with Gasteiger partial charge in [-0.3, -0.25) is 0 Å². The van der Waals surface area contributed by atoms with Crippen LogP contribution in [-0.2, 0) is 25.5 Å². The van der Waals surface area contributed by atoms with Crippen LogP contribution in [0, 0.1) is 0 Å². The molecule has 0 saturated heterocycles. The van der Waals surface area contributed by atoms with E-state index in [0.29, 0.717) is 11.6 Å². The van der Waals surface area contributed by atoms with Gasteiger partial charge in [-0.1, -0.05) is 54.6 Å². The van der Waals surface area contributed by atoms with E-state index in [0.717, 1.165) is 46.0 Å². The molecule has 1 aliphatic rings. The largest absolute Gasteiger partial charge is 0.481 e. The monoisotopic (exact) mass is 447 g/mol. The lowest BCUT2D eigenvalue weighted by atomic mass is 9.82. The summed E-state index contributed by atoms with van der Waals surface area (Å²) in [5.41, 5.74) is 6.33. The van der Waals surface area contributed by atoms with Gasteiger partial charge in [0.1, 0.15) is 0 Å². The van der Waals surface area contributed by atoms with E-state index in [4.69, 9.17) is 4.74 Å². The summed E-state index contributed by atoms with van der Waals surface area (Å²) in [6, 6.07) is 24.9. The number of methoxy groups -OCH3 is 1. The summed E-state index contributed by atoms with van der Waals surface area (Å²) >= 11 is 0. The third-order valence-electron chi connectivity index (χ3n) is 6.88. The van der Waals surface area contributed by atoms with Gasteiger partial charge in [0, 0.05) is 18.5 Å². The van der Waals surface area contributed by atoms with E-state index >= 15 is 0 Å². The van der Waals surface area contributed by atoms with Gasteiger partial charge in [0.25, 0.3) is 0 Å². The van der Waals surface area contributed by atoms with Gasteiger partial charge in [-0.25, -0.2) is 9.97 Å². The summed E-state index contributed by atoms with van der Waals surface area (Å²) in [6.07, 6.45) is 5.25. The minimum atomic E-state index is -1.38. The molecule has 168 valence electrons. The average Bonchev–Trinajstić information content (AvgIpc) is 3.32. The molecule has 0 aliphatic heterocycles. The molecule has 1 unspecified atom stereocenters. The maximum Gasteiger partial charge on any atom is 0.214 e. The zero-order chi connectivity index (χ0) is 23.3. The second kappa shape index (κ2) is 7.82. The molecular weight excluding hydrogens is 422 g/mol. The van der Waals surface area contributed by atoms with Gasteiger partial charge in [-0.05, 0) is 58.4 Å². The molecule has 5 heteroatoms. The van der Waals surface area contributed by atoms with Crippen molar-refractivity contribution in [1.82, 2.24) is 14.5 Å². The normalized spacial score (nSPS) is 17.1. The molecule has 5 aromatic rings. The van der Waals surface area contributed by atoms with Crippen LogP contribution in [0.3, 0.4) is 0 Å². The zero-order valence-electron chi connectivity index (χ0n) is 19.2. The number of pyridine rings is 1. The van der Waals surface area contributed by atoms with Crippen molar-refractivity contribution in [3.8, 4) is 17.0 Å². The van der Waals surface area contributed by atoms with Crippen LogP contribution in [0.2, 0.25) is 0 Å². The van der Waals surface area contributed by atoms with E-state index in [9.17, 15) is 5.11 Å². The van der Waals surface area contributed by atoms with E-state index in [1.54, 1.807) is 19.6 Å². The van der Waals surface area contributed by atoms with Crippen molar-refractivity contribution in [1.29, 1.82) is 0 Å². The molecular formula is C29H25N3O2. The van der Waals surface area contributed by atoms with Gasteiger partial charge in [0.05, 0.1) is 30.8 Å². The van der Waals surface area contributed by atoms with Crippen LogP contribution in [0.15, 0.2) is 85.3 Å². The number of aryl methyl sites for hydroxylation is 3. The second-order valence-corrected chi connectivity index (χ2v) is 8.95. The fraction of sp³-hybridized carbons (Fsp3) is 0.172. The Morgan fingerprint density at radius 1 is 0.912 bits per heavy atom. The highest BCUT2D eigenvalue weighted by molar-refractivity contribution is 5.96. The number of aromatic nitrogens is 3. The first kappa shape index (κ1) is 20.6. The lowest BCUT2D eigenvalue weighted by molar-refractivity contribution is 0.117. The van der Waals surface area contributed by atoms with E-state index in [-0.39, 0.29) is 0 Å². The van der Waals surface area contributed by atoms with Gasteiger partial charge < -0.3 is 14.4 Å². The predicted octanol–water partition coefficient (Wildman–Crippen LogP) is 5.03. The molecule has 1 N–H and O–H groups in total. The Balaban J connectivity index is 1.73. The Morgan fingerprint density at radius 2 is 1.68 bits per heavy atom. The minimum Gasteiger partial charge on any atom is -0.481 e. The number of aliphatic hydroxyl groups is 1. The van der Waals surface area contributed by atoms with Crippen LogP contribution in [0.25, 0.3) is 22.0 Å². The van der Waals surface area contributed by atoms with Gasteiger partial charge in [0.15, 0.2) is 5.60 Å². The first-order chi connectivity index (χ1) is 16.6. The fourth-order valence-electron chi connectivity index (χ4n) is 5.07. The Kier molecular flexibility index (Phi) is 4.74. The topological polar surface area (TPSA) is 60.2 Å². The molecule has 0 spiro atoms. The Hall–Kier alpha value is -3.96. The molecule has 1 aliphatic carbocycles. The number of hydrogen-bond acceptors (Lipinski definition) is 4. The first-order valence-corrected chi connectivity index (χ1v) is 11.4. The van der Waals surface area contributed by atoms with Gasteiger partial charge in [0.2, 0.25) is 5.88 Å². The summed E-state index contributed by atoms with van der Waals surface area (Å²) in [4.78, 5) is 9.01. The van der Waals surface area contributed by atoms with Crippen LogP contribution in [-0.4, -0.2) is 26.8 Å². The van der Waals surface area contributed by atoms with E-state index < -0.39 is 5.60 Å². The molecule has 3 aromatic carbocycles. The molecule has 1 atom stereocenters. The summed E-state index contributed by atoms with van der Waals surface area (Å²) in [6.45, 7) is 0. The minimum absolute atomic E-state index is 0.568. The average molecular weight is 448 g/mol. The van der Waals surface area contributed by atoms with Crippen LogP contribution < -0.4 is 4.74 Å². The third kappa shape index (κ3) is 3.20. The Morgan fingerprint density at radius 3 is 2.44 bits per heavy atom. The maximum absolute atomic E-state index is 12.5. The number of hydrogen-bond donors (Lipinski definition) is 1. The predicted molar refractivity (Wildman–Crippen MR) is 133 cm³/mol. The van der Waals surface area contributed by atoms with E-state index in [1.165, 1.54) is 11.1 Å². The summed E-state index contributed by atoms with van der Waals surface area (Å²) < 4.78 is 7.40. The molecule has 0 amide bonds. The molecule has 0 saturated carbocycles. The van der Waals surface area contributed by atoms with Crippen molar-refractivity contribution < 1.29 is 9.84 Å². The number of ether oxygens (including phenoxy) is 1. The Labute approximate surface area is 198 Å². The van der Waals surface area contributed by atoms with Crippen molar-refractivity contribution in [3.05, 3.63) is 113 Å². The summed E-state index contributed by atoms with van der Waals surface area (Å²) in [7, 11) is 3.55. The fourth-order valence-corrected chi connectivity index (χ4v) is 5.07. The highest BCUT2D eigenvalue weighted by Gasteiger charge is 2.37. The number of imidazole rings is 1. The summed E-state index contributed by atoms with van der Waals surface area (Å²) in [5.74, 6) is 0.568. The van der Waals surface area contributed by atoms with Crippen LogP contribution in [0.5, 0.6) is 5.88 Å². The van der Waals surface area contributed by atoms with Gasteiger partial charge in [-0.15, -0.1) is 0 Å². The number of nitrogens with zero attached hydrogens (tertiary/aromatic N) is 3. The highest BCUT2D eigenvalue weighted by Crippen LogP contribution is 2.40. The number of benzene rings is 3. The first-order valence-electron chi connectivity index (χ1n) is 11.4. The van der Waals surface area contributed by atoms with Crippen molar-refractivity contribution in [2.75, 3.05) is 7.11 Å². The highest BCUT2D eigenvalue weighted by atomic mass is 16.5. The molecule has 0 radical (unpaired) electrons. The molecule has 6 bridgehead atoms. The van der Waals surface area contributed by atoms with Crippen molar-refractivity contribution in [2.24, 2.45) is 7.05 Å². The zero-order valence-corrected chi connectivity index (χ0v) is 19.2. The molecule has 0 fully saturated rings. The van der Waals surface area contributed by atoms with Crippen LogP contribution in [0.4, 0.5) is 0 Å². The van der Waals surface area contributed by atoms with Crippen molar-refractivity contribution >= 4 is 10.9 Å². The standard InChI is InChI=1S/C29H25N3O2/c1-32-18-30-17-27(32)29(33)22-8-4-6-20(14-22)10-9-19-5-3-7-21(13-19)24-16-28(34-2)31-26-12-11-23(29)15-25(24)26/h3-8,11-18,33H,9-10H2,1-2H3. The molecule has 2 heterocycles. The van der Waals surface area contributed by atoms with Crippen molar-refractivity contribution in [2.45, 2.75) is 18.4 Å². The molecule has 34 heavy (non-hydrogen) atoms. The van der Waals surface area contributed by atoms with E-state index in [1.807, 2.05) is 41.9 Å².